The van der Waals surface area contributed by atoms with Gasteiger partial charge in [-0.15, -0.1) is 0 Å². The van der Waals surface area contributed by atoms with Gasteiger partial charge in [0.05, 0.1) is 11.8 Å². The number of benzene rings is 1. The third-order valence-corrected chi connectivity index (χ3v) is 3.19. The van der Waals surface area contributed by atoms with Crippen LogP contribution in [0.4, 0.5) is 5.69 Å². The first kappa shape index (κ1) is 12.9. The summed E-state index contributed by atoms with van der Waals surface area (Å²) in [4.78, 5) is 13.8. The van der Waals surface area contributed by atoms with Gasteiger partial charge in [0.2, 0.25) is 5.91 Å². The van der Waals surface area contributed by atoms with Gasteiger partial charge < -0.3 is 15.4 Å². The van der Waals surface area contributed by atoms with Gasteiger partial charge in [0.25, 0.3) is 0 Å². The van der Waals surface area contributed by atoms with Crippen LogP contribution in [0.25, 0.3) is 0 Å². The molecular weight excluding hydrogens is 228 g/mol. The number of rotatable bonds is 3. The molecule has 1 heterocycles. The molecule has 0 aromatic heterocycles. The van der Waals surface area contributed by atoms with Crippen LogP contribution in [-0.2, 0) is 4.79 Å². The molecule has 2 unspecified atom stereocenters. The minimum atomic E-state index is -0.107. The van der Waals surface area contributed by atoms with E-state index < -0.39 is 0 Å². The third kappa shape index (κ3) is 2.34. The number of carbonyl (C=O) groups is 1. The molecule has 1 amide bonds. The highest BCUT2D eigenvalue weighted by Gasteiger charge is 2.36. The normalized spacial score (nSPS) is 23.8. The largest absolute Gasteiger partial charge is 0.489 e. The summed E-state index contributed by atoms with van der Waals surface area (Å²) >= 11 is 0. The Morgan fingerprint density at radius 3 is 2.61 bits per heavy atom. The van der Waals surface area contributed by atoms with Gasteiger partial charge in [-0.05, 0) is 32.9 Å². The smallest absolute Gasteiger partial charge is 0.229 e. The maximum Gasteiger partial charge on any atom is 0.229 e. The predicted molar refractivity (Wildman–Crippen MR) is 71.7 cm³/mol. The molecule has 18 heavy (non-hydrogen) atoms. The number of carbonyl (C=O) groups excluding carboxylic acids is 1. The summed E-state index contributed by atoms with van der Waals surface area (Å²) in [5.41, 5.74) is 6.76. The van der Waals surface area contributed by atoms with Crippen molar-refractivity contribution < 1.29 is 9.53 Å². The lowest BCUT2D eigenvalue weighted by Gasteiger charge is -2.26. The van der Waals surface area contributed by atoms with Crippen LogP contribution in [-0.4, -0.2) is 24.1 Å². The Hall–Kier alpha value is -1.55. The first-order chi connectivity index (χ1) is 8.50. The van der Waals surface area contributed by atoms with E-state index >= 15 is 0 Å². The molecular formula is C14H20N2O2. The van der Waals surface area contributed by atoms with E-state index in [4.69, 9.17) is 10.5 Å². The standard InChI is InChI=1S/C14H20N2O2/c1-9(2)18-13-7-5-4-6-12(13)16-10(3)11(15)8-14(16)17/h4-7,9-11H,8,15H2,1-3H3. The van der Waals surface area contributed by atoms with Gasteiger partial charge in [0, 0.05) is 18.5 Å². The van der Waals surface area contributed by atoms with Gasteiger partial charge >= 0.3 is 0 Å². The summed E-state index contributed by atoms with van der Waals surface area (Å²) in [6, 6.07) is 7.52. The summed E-state index contributed by atoms with van der Waals surface area (Å²) in [5, 5.41) is 0. The Morgan fingerprint density at radius 1 is 1.39 bits per heavy atom. The first-order valence-corrected chi connectivity index (χ1v) is 6.34. The molecule has 1 fully saturated rings. The Bertz CT molecular complexity index is 445. The molecule has 4 heteroatoms. The van der Waals surface area contributed by atoms with Gasteiger partial charge in [-0.25, -0.2) is 0 Å². The van der Waals surface area contributed by atoms with Gasteiger partial charge in [0.1, 0.15) is 5.75 Å². The van der Waals surface area contributed by atoms with E-state index in [0.717, 1.165) is 11.4 Å². The van der Waals surface area contributed by atoms with Crippen molar-refractivity contribution in [2.75, 3.05) is 4.90 Å². The SMILES string of the molecule is CC(C)Oc1ccccc1N1C(=O)CC(N)C1C. The summed E-state index contributed by atoms with van der Waals surface area (Å²) < 4.78 is 5.75. The number of para-hydroxylation sites is 2. The average molecular weight is 248 g/mol. The minimum absolute atomic E-state index is 0.00872. The predicted octanol–water partition coefficient (Wildman–Crippen LogP) is 1.93. The maximum atomic E-state index is 12.0. The van der Waals surface area contributed by atoms with Crippen molar-refractivity contribution in [1.29, 1.82) is 0 Å². The highest BCUT2D eigenvalue weighted by Crippen LogP contribution is 2.34. The van der Waals surface area contributed by atoms with Crippen molar-refractivity contribution in [2.45, 2.75) is 45.4 Å². The molecule has 0 spiro atoms. The molecule has 2 rings (SSSR count). The molecule has 1 aromatic carbocycles. The van der Waals surface area contributed by atoms with E-state index in [1.54, 1.807) is 4.90 Å². The van der Waals surface area contributed by atoms with Crippen LogP contribution in [0.15, 0.2) is 24.3 Å². The number of anilines is 1. The first-order valence-electron chi connectivity index (χ1n) is 6.34. The Labute approximate surface area is 108 Å². The highest BCUT2D eigenvalue weighted by molar-refractivity contribution is 5.98. The Balaban J connectivity index is 2.35. The van der Waals surface area contributed by atoms with Crippen molar-refractivity contribution in [2.24, 2.45) is 5.73 Å². The van der Waals surface area contributed by atoms with Crippen LogP contribution < -0.4 is 15.4 Å². The summed E-state index contributed by atoms with van der Waals surface area (Å²) in [7, 11) is 0. The second-order valence-electron chi connectivity index (χ2n) is 5.01. The maximum absolute atomic E-state index is 12.0. The van der Waals surface area contributed by atoms with E-state index in [-0.39, 0.29) is 24.1 Å². The summed E-state index contributed by atoms with van der Waals surface area (Å²) in [6.07, 6.45) is 0.477. The lowest BCUT2D eigenvalue weighted by molar-refractivity contribution is -0.117. The summed E-state index contributed by atoms with van der Waals surface area (Å²) in [6.45, 7) is 5.91. The Kier molecular flexibility index (Phi) is 3.57. The molecule has 2 atom stereocenters. The minimum Gasteiger partial charge on any atom is -0.489 e. The van der Waals surface area contributed by atoms with Crippen LogP contribution in [0.1, 0.15) is 27.2 Å². The fourth-order valence-electron chi connectivity index (χ4n) is 2.25. The Morgan fingerprint density at radius 2 is 2.06 bits per heavy atom. The van der Waals surface area contributed by atoms with E-state index in [9.17, 15) is 4.79 Å². The van der Waals surface area contributed by atoms with Crippen LogP contribution in [0.5, 0.6) is 5.75 Å². The molecule has 2 N–H and O–H groups in total. The fourth-order valence-corrected chi connectivity index (χ4v) is 2.25. The monoisotopic (exact) mass is 248 g/mol. The van der Waals surface area contributed by atoms with Crippen LogP contribution in [0, 0.1) is 0 Å². The zero-order valence-electron chi connectivity index (χ0n) is 11.1. The lowest BCUT2D eigenvalue weighted by atomic mass is 10.1. The van der Waals surface area contributed by atoms with E-state index in [0.29, 0.717) is 6.42 Å². The molecule has 1 aliphatic heterocycles. The van der Waals surface area contributed by atoms with Crippen molar-refractivity contribution in [3.8, 4) is 5.75 Å². The molecule has 0 aliphatic carbocycles. The molecule has 1 saturated heterocycles. The second-order valence-corrected chi connectivity index (χ2v) is 5.01. The van der Waals surface area contributed by atoms with Gasteiger partial charge in [-0.2, -0.15) is 0 Å². The van der Waals surface area contributed by atoms with Crippen molar-refractivity contribution in [3.05, 3.63) is 24.3 Å². The molecule has 0 radical (unpaired) electrons. The fraction of sp³-hybridized carbons (Fsp3) is 0.500. The van der Waals surface area contributed by atoms with E-state index in [2.05, 4.69) is 0 Å². The van der Waals surface area contributed by atoms with Crippen molar-refractivity contribution in [3.63, 3.8) is 0 Å². The number of amides is 1. The molecule has 1 aromatic rings. The zero-order chi connectivity index (χ0) is 13.3. The molecule has 0 saturated carbocycles. The van der Waals surface area contributed by atoms with Crippen LogP contribution >= 0.6 is 0 Å². The van der Waals surface area contributed by atoms with E-state index in [1.807, 2.05) is 45.0 Å². The number of ether oxygens (including phenoxy) is 1. The molecule has 1 aliphatic rings. The van der Waals surface area contributed by atoms with Crippen LogP contribution in [0.3, 0.4) is 0 Å². The number of nitrogens with two attached hydrogens (primary N) is 1. The number of hydrogen-bond acceptors (Lipinski definition) is 3. The highest BCUT2D eigenvalue weighted by atomic mass is 16.5. The lowest BCUT2D eigenvalue weighted by Crippen LogP contribution is -2.38. The number of hydrogen-bond donors (Lipinski definition) is 1. The second kappa shape index (κ2) is 4.98. The topological polar surface area (TPSA) is 55.6 Å². The molecule has 0 bridgehead atoms. The van der Waals surface area contributed by atoms with Crippen molar-refractivity contribution >= 4 is 11.6 Å². The van der Waals surface area contributed by atoms with Gasteiger partial charge in [-0.1, -0.05) is 12.1 Å². The van der Waals surface area contributed by atoms with Crippen molar-refractivity contribution in [1.82, 2.24) is 0 Å². The number of nitrogens with zero attached hydrogens (tertiary/aromatic N) is 1. The molecule has 98 valence electrons. The van der Waals surface area contributed by atoms with Gasteiger partial charge in [-0.3, -0.25) is 4.79 Å². The summed E-state index contributed by atoms with van der Waals surface area (Å²) in [5.74, 6) is 0.802. The molecule has 4 nitrogen and oxygen atoms in total. The van der Waals surface area contributed by atoms with Gasteiger partial charge in [0.15, 0.2) is 0 Å². The third-order valence-electron chi connectivity index (χ3n) is 3.19. The van der Waals surface area contributed by atoms with E-state index in [1.165, 1.54) is 0 Å². The van der Waals surface area contributed by atoms with Crippen LogP contribution in [0.2, 0.25) is 0 Å². The quantitative estimate of drug-likeness (QED) is 0.889. The zero-order valence-corrected chi connectivity index (χ0v) is 11.1. The average Bonchev–Trinajstić information content (AvgIpc) is 2.54.